The van der Waals surface area contributed by atoms with Crippen molar-refractivity contribution in [3.63, 3.8) is 0 Å². The summed E-state index contributed by atoms with van der Waals surface area (Å²) >= 11 is 0. The van der Waals surface area contributed by atoms with Gasteiger partial charge in [-0.1, -0.05) is 12.1 Å². The molecule has 2 aliphatic rings. The molecule has 188 valence electrons. The van der Waals surface area contributed by atoms with E-state index in [1.807, 2.05) is 52.4 Å². The summed E-state index contributed by atoms with van der Waals surface area (Å²) < 4.78 is 9.43. The van der Waals surface area contributed by atoms with Crippen LogP contribution in [0.2, 0.25) is 0 Å². The highest BCUT2D eigenvalue weighted by Gasteiger charge is 2.27. The molecule has 2 aliphatic heterocycles. The summed E-state index contributed by atoms with van der Waals surface area (Å²) in [6.07, 6.45) is 3.52. The van der Waals surface area contributed by atoms with Gasteiger partial charge in [0.1, 0.15) is 17.0 Å². The number of para-hydroxylation sites is 2. The number of pyridine rings is 2. The molecule has 0 saturated carbocycles. The number of aromatic nitrogens is 3. The second-order valence-electron chi connectivity index (χ2n) is 9.85. The predicted octanol–water partition coefficient (Wildman–Crippen LogP) is 2.39. The third kappa shape index (κ3) is 3.74. The number of imidazole rings is 1. The van der Waals surface area contributed by atoms with Crippen LogP contribution in [0.25, 0.3) is 27.7 Å². The van der Waals surface area contributed by atoms with Crippen LogP contribution in [-0.4, -0.2) is 77.2 Å². The van der Waals surface area contributed by atoms with Crippen LogP contribution in [-0.2, 0) is 11.8 Å². The van der Waals surface area contributed by atoms with E-state index in [-0.39, 0.29) is 23.0 Å². The maximum atomic E-state index is 13.8. The SMILES string of the molecule is CO[C@@H]1CCN(c2ccc3c(=O)c(C(=O)NCCN4CCCC4)c4n(C)c5ccccc5n4c3n2)C1. The van der Waals surface area contributed by atoms with Crippen molar-refractivity contribution in [3.05, 3.63) is 52.2 Å². The molecule has 2 fully saturated rings. The third-order valence-electron chi connectivity index (χ3n) is 7.72. The summed E-state index contributed by atoms with van der Waals surface area (Å²) in [7, 11) is 3.64. The van der Waals surface area contributed by atoms with Gasteiger partial charge in [0.05, 0.1) is 22.5 Å². The van der Waals surface area contributed by atoms with Crippen LogP contribution in [0.5, 0.6) is 0 Å². The number of carbonyl (C=O) groups is 1. The lowest BCUT2D eigenvalue weighted by Crippen LogP contribution is -2.36. The molecule has 1 atom stereocenters. The normalized spacial score (nSPS) is 18.7. The van der Waals surface area contributed by atoms with Crippen LogP contribution < -0.4 is 15.6 Å². The average molecular weight is 489 g/mol. The number of fused-ring (bicyclic) bond motifs is 5. The topological polar surface area (TPSA) is 84.1 Å². The molecule has 36 heavy (non-hydrogen) atoms. The minimum atomic E-state index is -0.337. The molecule has 0 unspecified atom stereocenters. The van der Waals surface area contributed by atoms with Crippen molar-refractivity contribution in [2.75, 3.05) is 51.3 Å². The van der Waals surface area contributed by atoms with Crippen molar-refractivity contribution in [2.45, 2.75) is 25.4 Å². The molecule has 1 amide bonds. The summed E-state index contributed by atoms with van der Waals surface area (Å²) in [6, 6.07) is 11.6. The van der Waals surface area contributed by atoms with Crippen molar-refractivity contribution in [2.24, 2.45) is 7.05 Å². The van der Waals surface area contributed by atoms with Crippen LogP contribution >= 0.6 is 0 Å². The molecule has 0 spiro atoms. The number of likely N-dealkylation sites (tertiary alicyclic amines) is 1. The molecule has 6 rings (SSSR count). The highest BCUT2D eigenvalue weighted by molar-refractivity contribution is 6.05. The Morgan fingerprint density at radius 1 is 1.11 bits per heavy atom. The van der Waals surface area contributed by atoms with E-state index in [4.69, 9.17) is 9.72 Å². The minimum absolute atomic E-state index is 0.165. The van der Waals surface area contributed by atoms with E-state index >= 15 is 0 Å². The summed E-state index contributed by atoms with van der Waals surface area (Å²) in [5, 5.41) is 3.46. The van der Waals surface area contributed by atoms with Gasteiger partial charge in [-0.15, -0.1) is 0 Å². The molecule has 9 nitrogen and oxygen atoms in total. The Labute approximate surface area is 209 Å². The van der Waals surface area contributed by atoms with Gasteiger partial charge in [0.15, 0.2) is 5.65 Å². The summed E-state index contributed by atoms with van der Waals surface area (Å²) in [6.45, 7) is 5.06. The van der Waals surface area contributed by atoms with E-state index in [1.54, 1.807) is 7.11 Å². The predicted molar refractivity (Wildman–Crippen MR) is 141 cm³/mol. The molecule has 2 saturated heterocycles. The first-order chi connectivity index (χ1) is 17.6. The summed E-state index contributed by atoms with van der Waals surface area (Å²) in [4.78, 5) is 36.8. The zero-order valence-corrected chi connectivity index (χ0v) is 20.9. The number of nitrogens with zero attached hydrogens (tertiary/aromatic N) is 5. The van der Waals surface area contributed by atoms with Crippen LogP contribution in [0.3, 0.4) is 0 Å². The van der Waals surface area contributed by atoms with Gasteiger partial charge >= 0.3 is 0 Å². The van der Waals surface area contributed by atoms with E-state index in [9.17, 15) is 9.59 Å². The molecule has 1 aromatic carbocycles. The number of hydrogen-bond donors (Lipinski definition) is 1. The monoisotopic (exact) mass is 488 g/mol. The molecule has 5 heterocycles. The number of ether oxygens (including phenoxy) is 1. The summed E-state index contributed by atoms with van der Waals surface area (Å²) in [5.74, 6) is 0.474. The number of aryl methyl sites for hydroxylation is 1. The zero-order valence-electron chi connectivity index (χ0n) is 20.9. The first-order valence-corrected chi connectivity index (χ1v) is 12.8. The van der Waals surface area contributed by atoms with Gasteiger partial charge in [-0.3, -0.25) is 14.0 Å². The second-order valence-corrected chi connectivity index (χ2v) is 9.85. The van der Waals surface area contributed by atoms with Crippen molar-refractivity contribution in [1.82, 2.24) is 24.2 Å². The van der Waals surface area contributed by atoms with Crippen molar-refractivity contribution >= 4 is 39.4 Å². The smallest absolute Gasteiger partial charge is 0.259 e. The van der Waals surface area contributed by atoms with Crippen molar-refractivity contribution in [3.8, 4) is 0 Å². The Morgan fingerprint density at radius 3 is 2.64 bits per heavy atom. The maximum absolute atomic E-state index is 13.8. The molecular formula is C27H32N6O3. The number of carbonyl (C=O) groups excluding carboxylic acids is 1. The molecule has 1 N–H and O–H groups in total. The number of methoxy groups -OCH3 is 1. The van der Waals surface area contributed by atoms with Crippen LogP contribution in [0, 0.1) is 0 Å². The Balaban J connectivity index is 1.49. The maximum Gasteiger partial charge on any atom is 0.259 e. The Bertz CT molecular complexity index is 1520. The lowest BCUT2D eigenvalue weighted by Gasteiger charge is -2.18. The highest BCUT2D eigenvalue weighted by atomic mass is 16.5. The minimum Gasteiger partial charge on any atom is -0.380 e. The van der Waals surface area contributed by atoms with Gasteiger partial charge in [-0.2, -0.15) is 0 Å². The molecule has 0 radical (unpaired) electrons. The van der Waals surface area contributed by atoms with Gasteiger partial charge in [0, 0.05) is 40.3 Å². The van der Waals surface area contributed by atoms with Crippen LogP contribution in [0.4, 0.5) is 5.82 Å². The number of nitrogens with one attached hydrogen (secondary N) is 1. The van der Waals surface area contributed by atoms with Gasteiger partial charge in [-0.05, 0) is 56.6 Å². The molecule has 4 aromatic rings. The second kappa shape index (κ2) is 9.22. The van der Waals surface area contributed by atoms with E-state index in [1.165, 1.54) is 12.8 Å². The van der Waals surface area contributed by atoms with Crippen molar-refractivity contribution in [1.29, 1.82) is 0 Å². The highest BCUT2D eigenvalue weighted by Crippen LogP contribution is 2.28. The van der Waals surface area contributed by atoms with Gasteiger partial charge in [-0.25, -0.2) is 4.98 Å². The Kier molecular flexibility index (Phi) is 5.89. The fraction of sp³-hybridized carbons (Fsp3) is 0.444. The van der Waals surface area contributed by atoms with Gasteiger partial charge in [0.2, 0.25) is 5.43 Å². The Hall–Kier alpha value is -3.43. The van der Waals surface area contributed by atoms with E-state index in [0.717, 1.165) is 56.0 Å². The number of amides is 1. The standard InChI is InChI=1S/C27H32N6O3/c1-30-20-7-3-4-8-21(20)33-25-19(9-10-22(29-25)32-15-11-18(17-32)36-2)24(34)23(27(30)33)26(35)28-12-16-31-13-5-6-14-31/h3-4,7-10,18H,5-6,11-17H2,1-2H3,(H,28,35)/t18-/m1/s1. The van der Waals surface area contributed by atoms with E-state index in [2.05, 4.69) is 15.1 Å². The number of hydrogen-bond acceptors (Lipinski definition) is 6. The number of rotatable bonds is 6. The molecule has 3 aromatic heterocycles. The molecule has 9 heteroatoms. The molecule has 0 aliphatic carbocycles. The third-order valence-corrected chi connectivity index (χ3v) is 7.72. The van der Waals surface area contributed by atoms with Crippen LogP contribution in [0.1, 0.15) is 29.6 Å². The fourth-order valence-electron chi connectivity index (χ4n) is 5.76. The quantitative estimate of drug-likeness (QED) is 0.449. The van der Waals surface area contributed by atoms with E-state index in [0.29, 0.717) is 23.2 Å². The number of benzene rings is 1. The zero-order chi connectivity index (χ0) is 24.8. The molecular weight excluding hydrogens is 456 g/mol. The lowest BCUT2D eigenvalue weighted by molar-refractivity contribution is 0.0950. The van der Waals surface area contributed by atoms with Gasteiger partial charge in [0.25, 0.3) is 5.91 Å². The van der Waals surface area contributed by atoms with Crippen molar-refractivity contribution < 1.29 is 9.53 Å². The largest absolute Gasteiger partial charge is 0.380 e. The van der Waals surface area contributed by atoms with Gasteiger partial charge < -0.3 is 24.4 Å². The lowest BCUT2D eigenvalue weighted by atomic mass is 10.1. The number of anilines is 1. The first kappa shape index (κ1) is 23.0. The summed E-state index contributed by atoms with van der Waals surface area (Å²) in [5.41, 5.74) is 2.85. The van der Waals surface area contributed by atoms with Crippen LogP contribution in [0.15, 0.2) is 41.2 Å². The molecule has 0 bridgehead atoms. The average Bonchev–Trinajstić information content (AvgIpc) is 3.65. The Morgan fingerprint density at radius 2 is 1.89 bits per heavy atom. The van der Waals surface area contributed by atoms with E-state index < -0.39 is 0 Å². The first-order valence-electron chi connectivity index (χ1n) is 12.8. The fourth-order valence-corrected chi connectivity index (χ4v) is 5.76.